The van der Waals surface area contributed by atoms with Crippen LogP contribution in [0.1, 0.15) is 30.9 Å². The van der Waals surface area contributed by atoms with Crippen LogP contribution in [0.4, 0.5) is 0 Å². The number of benzene rings is 1. The van der Waals surface area contributed by atoms with Crippen LogP contribution in [-0.4, -0.2) is 50.9 Å². The van der Waals surface area contributed by atoms with Crippen LogP contribution in [0.5, 0.6) is 0 Å². The lowest BCUT2D eigenvalue weighted by atomic mass is 10.1. The molecular weight excluding hydrogens is 350 g/mol. The van der Waals surface area contributed by atoms with Gasteiger partial charge in [0.25, 0.3) is 6.47 Å². The Kier molecular flexibility index (Phi) is 7.10. The third-order valence-electron chi connectivity index (χ3n) is 4.30. The average Bonchev–Trinajstić information content (AvgIpc) is 3.12. The normalized spacial score (nSPS) is 16.7. The van der Waals surface area contributed by atoms with Crippen LogP contribution in [0.15, 0.2) is 40.9 Å². The number of aryl methyl sites for hydroxylation is 1. The zero-order valence-electron chi connectivity index (χ0n) is 15.4. The van der Waals surface area contributed by atoms with E-state index in [1.165, 1.54) is 0 Å². The van der Waals surface area contributed by atoms with Crippen LogP contribution in [0.3, 0.4) is 0 Å². The second-order valence-corrected chi connectivity index (χ2v) is 6.12. The van der Waals surface area contributed by atoms with Crippen molar-refractivity contribution in [3.8, 4) is 0 Å². The Bertz CT molecular complexity index is 775. The van der Waals surface area contributed by atoms with Gasteiger partial charge in [0.15, 0.2) is 5.76 Å². The number of hydrogen-bond donors (Lipinski definition) is 1. The lowest BCUT2D eigenvalue weighted by Gasteiger charge is -2.38. The van der Waals surface area contributed by atoms with E-state index in [0.29, 0.717) is 12.3 Å². The maximum atomic E-state index is 12.6. The van der Waals surface area contributed by atoms with Crippen LogP contribution in [0, 0.1) is 0 Å². The molecule has 144 valence electrons. The van der Waals surface area contributed by atoms with Gasteiger partial charge in [-0.2, -0.15) is 0 Å². The number of rotatable bonds is 5. The number of carbonyl (C=O) groups excluding carboxylic acids is 2. The van der Waals surface area contributed by atoms with Crippen molar-refractivity contribution in [3.63, 3.8) is 0 Å². The summed E-state index contributed by atoms with van der Waals surface area (Å²) in [6, 6.07) is 11.0. The largest absolute Gasteiger partial charge is 0.483 e. The fourth-order valence-corrected chi connectivity index (χ4v) is 2.87. The predicted molar refractivity (Wildman–Crippen MR) is 96.4 cm³/mol. The van der Waals surface area contributed by atoms with Gasteiger partial charge in [-0.25, -0.2) is 0 Å². The number of amides is 2. The van der Waals surface area contributed by atoms with Crippen molar-refractivity contribution in [1.29, 1.82) is 0 Å². The molecule has 0 spiro atoms. The van der Waals surface area contributed by atoms with Crippen LogP contribution in [0.2, 0.25) is 0 Å². The summed E-state index contributed by atoms with van der Waals surface area (Å²) in [5, 5.41) is 10.8. The summed E-state index contributed by atoms with van der Waals surface area (Å²) in [4.78, 5) is 36.7. The van der Waals surface area contributed by atoms with E-state index < -0.39 is 6.04 Å². The summed E-state index contributed by atoms with van der Waals surface area (Å²) in [6.45, 7) is 4.31. The van der Waals surface area contributed by atoms with Gasteiger partial charge in [-0.3, -0.25) is 14.4 Å². The third-order valence-corrected chi connectivity index (χ3v) is 4.30. The van der Waals surface area contributed by atoms with Gasteiger partial charge in [-0.05, 0) is 18.9 Å². The first-order chi connectivity index (χ1) is 13.0. The fraction of sp³-hybridized carbons (Fsp3) is 0.368. The van der Waals surface area contributed by atoms with Crippen molar-refractivity contribution >= 4 is 18.3 Å². The van der Waals surface area contributed by atoms with Gasteiger partial charge in [0.05, 0.1) is 12.2 Å². The first-order valence-electron chi connectivity index (χ1n) is 8.64. The Morgan fingerprint density at radius 2 is 1.93 bits per heavy atom. The SMILES string of the molecule is CCc1cc(CN2C(=O)CN(Cc3ccccc3)C(=O)[C@@H]2C)on1.O=CO. The molecule has 0 radical (unpaired) electrons. The zero-order valence-corrected chi connectivity index (χ0v) is 15.4. The molecule has 3 rings (SSSR count). The summed E-state index contributed by atoms with van der Waals surface area (Å²) in [5.41, 5.74) is 1.86. The van der Waals surface area contributed by atoms with Crippen LogP contribution < -0.4 is 0 Å². The molecule has 1 aliphatic heterocycles. The number of carbonyl (C=O) groups is 3. The molecule has 1 aliphatic rings. The molecule has 0 unspecified atom stereocenters. The highest BCUT2D eigenvalue weighted by molar-refractivity contribution is 5.94. The maximum Gasteiger partial charge on any atom is 0.290 e. The molecule has 1 saturated heterocycles. The molecular formula is C19H23N3O5. The molecule has 27 heavy (non-hydrogen) atoms. The standard InChI is InChI=1S/C18H21N3O3.CH2O2/c1-3-15-9-16(24-19-15)11-21-13(2)18(23)20(12-17(21)22)10-14-7-5-4-6-8-14;2-1-3/h4-9,13H,3,10-12H2,1-2H3;1H,(H,2,3)/t13-;/m0./s1. The summed E-state index contributed by atoms with van der Waals surface area (Å²) < 4.78 is 5.24. The molecule has 1 N–H and O–H groups in total. The maximum absolute atomic E-state index is 12.6. The lowest BCUT2D eigenvalue weighted by molar-refractivity contribution is -0.156. The number of aromatic nitrogens is 1. The summed E-state index contributed by atoms with van der Waals surface area (Å²) >= 11 is 0. The molecule has 2 aromatic rings. The van der Waals surface area contributed by atoms with Crippen molar-refractivity contribution in [2.45, 2.75) is 39.4 Å². The quantitative estimate of drug-likeness (QED) is 0.800. The predicted octanol–water partition coefficient (Wildman–Crippen LogP) is 1.70. The Labute approximate surface area is 157 Å². The summed E-state index contributed by atoms with van der Waals surface area (Å²) in [7, 11) is 0. The Balaban J connectivity index is 0.000000817. The van der Waals surface area contributed by atoms with E-state index in [0.717, 1.165) is 17.7 Å². The molecule has 8 nitrogen and oxygen atoms in total. The monoisotopic (exact) mass is 373 g/mol. The van der Waals surface area contributed by atoms with Gasteiger partial charge in [0.1, 0.15) is 12.6 Å². The minimum Gasteiger partial charge on any atom is -0.483 e. The number of nitrogens with zero attached hydrogens (tertiary/aromatic N) is 3. The smallest absolute Gasteiger partial charge is 0.290 e. The second-order valence-electron chi connectivity index (χ2n) is 6.12. The van der Waals surface area contributed by atoms with Crippen LogP contribution in [0.25, 0.3) is 0 Å². The molecule has 2 heterocycles. The van der Waals surface area contributed by atoms with Crippen molar-refractivity contribution in [3.05, 3.63) is 53.4 Å². The fourth-order valence-electron chi connectivity index (χ4n) is 2.87. The Hall–Kier alpha value is -3.16. The Morgan fingerprint density at radius 3 is 2.52 bits per heavy atom. The Morgan fingerprint density at radius 1 is 1.26 bits per heavy atom. The second kappa shape index (κ2) is 9.51. The van der Waals surface area contributed by atoms with Crippen LogP contribution >= 0.6 is 0 Å². The first kappa shape index (κ1) is 20.2. The number of carboxylic acid groups (broad SMARTS) is 1. The molecule has 1 aromatic heterocycles. The molecule has 0 bridgehead atoms. The zero-order chi connectivity index (χ0) is 19.8. The minimum absolute atomic E-state index is 0.0475. The lowest BCUT2D eigenvalue weighted by Crippen LogP contribution is -2.57. The van der Waals surface area contributed by atoms with E-state index in [2.05, 4.69) is 5.16 Å². The highest BCUT2D eigenvalue weighted by Crippen LogP contribution is 2.19. The highest BCUT2D eigenvalue weighted by Gasteiger charge is 2.36. The first-order valence-corrected chi connectivity index (χ1v) is 8.64. The van der Waals surface area contributed by atoms with E-state index in [1.807, 2.05) is 43.3 Å². The summed E-state index contributed by atoms with van der Waals surface area (Å²) in [6.07, 6.45) is 0.775. The van der Waals surface area contributed by atoms with Gasteiger partial charge in [-0.1, -0.05) is 42.4 Å². The molecule has 0 saturated carbocycles. The van der Waals surface area contributed by atoms with Gasteiger partial charge in [0, 0.05) is 12.6 Å². The molecule has 0 aliphatic carbocycles. The van der Waals surface area contributed by atoms with E-state index in [-0.39, 0.29) is 31.4 Å². The average molecular weight is 373 g/mol. The van der Waals surface area contributed by atoms with Crippen molar-refractivity contribution < 1.29 is 24.0 Å². The summed E-state index contributed by atoms with van der Waals surface area (Å²) in [5.74, 6) is 0.484. The van der Waals surface area contributed by atoms with E-state index in [4.69, 9.17) is 14.4 Å². The number of piperazine rings is 1. The molecule has 1 aromatic carbocycles. The van der Waals surface area contributed by atoms with Gasteiger partial charge in [-0.15, -0.1) is 0 Å². The van der Waals surface area contributed by atoms with E-state index >= 15 is 0 Å². The topological polar surface area (TPSA) is 104 Å². The minimum atomic E-state index is -0.509. The number of hydrogen-bond acceptors (Lipinski definition) is 5. The van der Waals surface area contributed by atoms with Gasteiger partial charge >= 0.3 is 0 Å². The molecule has 1 fully saturated rings. The third kappa shape index (κ3) is 5.16. The van der Waals surface area contributed by atoms with E-state index in [1.54, 1.807) is 16.7 Å². The van der Waals surface area contributed by atoms with E-state index in [9.17, 15) is 9.59 Å². The van der Waals surface area contributed by atoms with Crippen LogP contribution in [-0.2, 0) is 33.9 Å². The van der Waals surface area contributed by atoms with Crippen molar-refractivity contribution in [2.24, 2.45) is 0 Å². The molecule has 8 heteroatoms. The van der Waals surface area contributed by atoms with Gasteiger partial charge in [0.2, 0.25) is 11.8 Å². The highest BCUT2D eigenvalue weighted by atomic mass is 16.5. The van der Waals surface area contributed by atoms with Gasteiger partial charge < -0.3 is 19.4 Å². The van der Waals surface area contributed by atoms with Crippen molar-refractivity contribution in [1.82, 2.24) is 15.0 Å². The van der Waals surface area contributed by atoms with Crippen molar-refractivity contribution in [2.75, 3.05) is 6.54 Å². The molecule has 1 atom stereocenters. The molecule has 2 amide bonds.